The van der Waals surface area contributed by atoms with Gasteiger partial charge in [0, 0.05) is 24.7 Å². The number of methoxy groups -OCH3 is 1. The predicted octanol–water partition coefficient (Wildman–Crippen LogP) is 2.17. The fourth-order valence-corrected chi connectivity index (χ4v) is 4.45. The van der Waals surface area contributed by atoms with Crippen LogP contribution in [-0.2, 0) is 26.2 Å². The van der Waals surface area contributed by atoms with Crippen molar-refractivity contribution in [3.63, 3.8) is 0 Å². The highest BCUT2D eigenvalue weighted by atomic mass is 32.2. The van der Waals surface area contributed by atoms with Crippen molar-refractivity contribution in [2.24, 2.45) is 5.92 Å². The first-order chi connectivity index (χ1) is 14.7. The molecule has 3 rings (SSSR count). The molecule has 0 aliphatic carbocycles. The van der Waals surface area contributed by atoms with Gasteiger partial charge in [-0.1, -0.05) is 13.8 Å². The molecule has 168 valence electrons. The zero-order valence-corrected chi connectivity index (χ0v) is 18.7. The van der Waals surface area contributed by atoms with Crippen molar-refractivity contribution < 1.29 is 22.7 Å². The Morgan fingerprint density at radius 1 is 1.45 bits per heavy atom. The first-order valence-corrected chi connectivity index (χ1v) is 11.3. The Kier molecular flexibility index (Phi) is 6.44. The van der Waals surface area contributed by atoms with E-state index in [1.54, 1.807) is 19.1 Å². The largest absolute Gasteiger partial charge is 0.494 e. The van der Waals surface area contributed by atoms with Gasteiger partial charge >= 0.3 is 0 Å². The Balaban J connectivity index is 2.11. The third kappa shape index (κ3) is 4.31. The number of aromatic amines is 1. The molecule has 0 spiro atoms. The Hall–Kier alpha value is -3.21. The van der Waals surface area contributed by atoms with Crippen LogP contribution in [0.5, 0.6) is 5.75 Å². The molecule has 11 heteroatoms. The van der Waals surface area contributed by atoms with Gasteiger partial charge in [-0.25, -0.2) is 0 Å². The first-order valence-electron chi connectivity index (χ1n) is 9.84. The summed E-state index contributed by atoms with van der Waals surface area (Å²) in [7, 11) is -0.613. The Morgan fingerprint density at radius 3 is 2.77 bits per heavy atom. The molecule has 1 aromatic heterocycles. The summed E-state index contributed by atoms with van der Waals surface area (Å²) in [5, 5.41) is 3.20. The molecule has 1 aliphatic heterocycles. The smallest absolute Gasteiger partial charge is 0.277 e. The molecular formula is C20H27N5O5S. The van der Waals surface area contributed by atoms with E-state index in [0.29, 0.717) is 36.5 Å². The van der Waals surface area contributed by atoms with Crippen LogP contribution in [0.2, 0.25) is 0 Å². The molecule has 2 amide bonds. The number of hydrogen-bond donors (Lipinski definition) is 3. The number of nitrogens with zero attached hydrogens (tertiary/aromatic N) is 2. The van der Waals surface area contributed by atoms with Crippen molar-refractivity contribution in [1.29, 1.82) is 0 Å². The number of carbonyl (C=O) groups excluding carboxylic acids is 2. The van der Waals surface area contributed by atoms with Gasteiger partial charge in [-0.3, -0.25) is 19.2 Å². The molecule has 2 aromatic rings. The fraction of sp³-hybridized carbons (Fsp3) is 0.400. The van der Waals surface area contributed by atoms with E-state index in [9.17, 15) is 18.0 Å². The predicted molar refractivity (Wildman–Crippen MR) is 118 cm³/mol. The normalized spacial score (nSPS) is 13.9. The molecule has 0 fully saturated rings. The highest BCUT2D eigenvalue weighted by molar-refractivity contribution is 7.92. The van der Waals surface area contributed by atoms with Crippen LogP contribution in [-0.4, -0.2) is 51.4 Å². The van der Waals surface area contributed by atoms with Crippen LogP contribution < -0.4 is 19.7 Å². The third-order valence-corrected chi connectivity index (χ3v) is 6.67. The third-order valence-electron chi connectivity index (χ3n) is 5.35. The summed E-state index contributed by atoms with van der Waals surface area (Å²) >= 11 is 0. The lowest BCUT2D eigenvalue weighted by Crippen LogP contribution is -2.34. The van der Waals surface area contributed by atoms with Gasteiger partial charge in [-0.05, 0) is 24.6 Å². The standard InChI is InChI=1S/C20H27N5O5S/c1-5-13(2)20(27)25(12-26)10-14-15(23-31(28,29)17-7-6-8-21-17)9-16-18(19(14)30-4)22-11-24(16)3/h6-9,12-13,21-23H,5,10-11H2,1-4H3. The van der Waals surface area contributed by atoms with Crippen molar-refractivity contribution in [2.75, 3.05) is 35.8 Å². The maximum atomic E-state index is 12.9. The second kappa shape index (κ2) is 8.88. The Bertz CT molecular complexity index is 1070. The molecule has 3 N–H and O–H groups in total. The number of carbonyl (C=O) groups is 2. The first kappa shape index (κ1) is 22.5. The highest BCUT2D eigenvalue weighted by Crippen LogP contribution is 2.46. The minimum atomic E-state index is -3.93. The molecule has 1 aliphatic rings. The number of nitrogens with one attached hydrogen (secondary N) is 3. The minimum absolute atomic E-state index is 0.00711. The van der Waals surface area contributed by atoms with Crippen LogP contribution in [0, 0.1) is 5.92 Å². The second-order valence-electron chi connectivity index (χ2n) is 7.38. The zero-order chi connectivity index (χ0) is 22.8. The summed E-state index contributed by atoms with van der Waals surface area (Å²) in [6.07, 6.45) is 2.54. The molecule has 1 aromatic carbocycles. The van der Waals surface area contributed by atoms with Crippen LogP contribution in [0.4, 0.5) is 17.1 Å². The van der Waals surface area contributed by atoms with Crippen molar-refractivity contribution in [3.8, 4) is 5.75 Å². The molecule has 1 atom stereocenters. The van der Waals surface area contributed by atoms with Gasteiger partial charge in [0.2, 0.25) is 12.3 Å². The van der Waals surface area contributed by atoms with E-state index in [0.717, 1.165) is 10.6 Å². The summed E-state index contributed by atoms with van der Waals surface area (Å²) in [4.78, 5) is 30.0. The molecule has 0 saturated heterocycles. The van der Waals surface area contributed by atoms with Crippen LogP contribution >= 0.6 is 0 Å². The number of anilines is 3. The second-order valence-corrected chi connectivity index (χ2v) is 9.03. The van der Waals surface area contributed by atoms with Crippen LogP contribution in [0.25, 0.3) is 0 Å². The van der Waals surface area contributed by atoms with Crippen molar-refractivity contribution >= 4 is 39.4 Å². The molecule has 1 unspecified atom stereocenters. The molecule has 10 nitrogen and oxygen atoms in total. The van der Waals surface area contributed by atoms with E-state index >= 15 is 0 Å². The lowest BCUT2D eigenvalue weighted by molar-refractivity contribution is -0.141. The van der Waals surface area contributed by atoms with Gasteiger partial charge in [0.15, 0.2) is 10.8 Å². The van der Waals surface area contributed by atoms with Crippen LogP contribution in [0.15, 0.2) is 29.4 Å². The van der Waals surface area contributed by atoms with E-state index in [4.69, 9.17) is 4.74 Å². The van der Waals surface area contributed by atoms with E-state index in [1.165, 1.54) is 19.4 Å². The molecule has 0 saturated carbocycles. The number of imide groups is 1. The van der Waals surface area contributed by atoms with Crippen molar-refractivity contribution in [2.45, 2.75) is 31.8 Å². The summed E-state index contributed by atoms with van der Waals surface area (Å²) in [6, 6.07) is 4.68. The Morgan fingerprint density at radius 2 is 2.19 bits per heavy atom. The van der Waals surface area contributed by atoms with E-state index in [1.807, 2.05) is 18.9 Å². The van der Waals surface area contributed by atoms with Gasteiger partial charge in [0.1, 0.15) is 5.69 Å². The molecular weight excluding hydrogens is 422 g/mol. The van der Waals surface area contributed by atoms with E-state index in [2.05, 4.69) is 15.0 Å². The number of benzene rings is 1. The Labute approximate surface area is 181 Å². The average molecular weight is 450 g/mol. The summed E-state index contributed by atoms with van der Waals surface area (Å²) in [6.45, 7) is 3.96. The molecule has 31 heavy (non-hydrogen) atoms. The minimum Gasteiger partial charge on any atom is -0.494 e. The number of H-pyrrole nitrogens is 1. The van der Waals surface area contributed by atoms with Crippen molar-refractivity contribution in [3.05, 3.63) is 30.0 Å². The van der Waals surface area contributed by atoms with Crippen molar-refractivity contribution in [1.82, 2.24) is 9.88 Å². The van der Waals surface area contributed by atoms with Gasteiger partial charge < -0.3 is 19.9 Å². The average Bonchev–Trinajstić information content (AvgIpc) is 3.42. The number of aromatic nitrogens is 1. The molecule has 0 radical (unpaired) electrons. The van der Waals surface area contributed by atoms with Crippen LogP contribution in [0.3, 0.4) is 0 Å². The number of amides is 2. The van der Waals surface area contributed by atoms with Gasteiger partial charge in [-0.2, -0.15) is 8.42 Å². The fourth-order valence-electron chi connectivity index (χ4n) is 3.39. The number of rotatable bonds is 9. The maximum absolute atomic E-state index is 12.9. The maximum Gasteiger partial charge on any atom is 0.277 e. The lowest BCUT2D eigenvalue weighted by atomic mass is 10.1. The van der Waals surface area contributed by atoms with E-state index < -0.39 is 10.0 Å². The summed E-state index contributed by atoms with van der Waals surface area (Å²) in [5.74, 6) is -0.327. The molecule has 0 bridgehead atoms. The SMILES string of the molecule is CCC(C)C(=O)N(C=O)Cc1c(NS(=O)(=O)c2ccc[nH]2)cc2c(c1OC)NCN2C. The summed E-state index contributed by atoms with van der Waals surface area (Å²) < 4.78 is 33.9. The quantitative estimate of drug-likeness (QED) is 0.501. The van der Waals surface area contributed by atoms with Gasteiger partial charge in [0.05, 0.1) is 31.7 Å². The van der Waals surface area contributed by atoms with E-state index in [-0.39, 0.29) is 29.1 Å². The number of fused-ring (bicyclic) bond motifs is 1. The number of ether oxygens (including phenoxy) is 1. The van der Waals surface area contributed by atoms with Gasteiger partial charge in [-0.15, -0.1) is 0 Å². The lowest BCUT2D eigenvalue weighted by Gasteiger charge is -2.24. The number of hydrogen-bond acceptors (Lipinski definition) is 7. The number of sulfonamides is 1. The summed E-state index contributed by atoms with van der Waals surface area (Å²) in [5.41, 5.74) is 2.01. The topological polar surface area (TPSA) is 124 Å². The molecule has 2 heterocycles. The zero-order valence-electron chi connectivity index (χ0n) is 17.9. The monoisotopic (exact) mass is 449 g/mol. The van der Waals surface area contributed by atoms with Gasteiger partial charge in [0.25, 0.3) is 10.0 Å². The highest BCUT2D eigenvalue weighted by Gasteiger charge is 2.30. The van der Waals surface area contributed by atoms with Crippen LogP contribution in [0.1, 0.15) is 25.8 Å².